The van der Waals surface area contributed by atoms with Crippen molar-refractivity contribution in [2.24, 2.45) is 0 Å². The first kappa shape index (κ1) is 15.1. The maximum atomic E-state index is 13.1. The quantitative estimate of drug-likeness (QED) is 0.812. The average molecular weight is 314 g/mol. The Morgan fingerprint density at radius 3 is 2.65 bits per heavy atom. The Kier molecular flexibility index (Phi) is 5.24. The average Bonchev–Trinajstić information content (AvgIpc) is 2.41. The molecule has 0 amide bonds. The number of benzene rings is 2. The van der Waals surface area contributed by atoms with Crippen LogP contribution in [0.1, 0.15) is 11.1 Å². The summed E-state index contributed by atoms with van der Waals surface area (Å²) in [7, 11) is 0. The summed E-state index contributed by atoms with van der Waals surface area (Å²) in [6, 6.07) is 9.86. The van der Waals surface area contributed by atoms with Crippen LogP contribution in [0.25, 0.3) is 0 Å². The molecular formula is C15H14Cl2FNO. The number of phenolic OH excluding ortho intramolecular Hbond substituents is 1. The monoisotopic (exact) mass is 313 g/mol. The van der Waals surface area contributed by atoms with E-state index in [1.165, 1.54) is 6.07 Å². The number of rotatable bonds is 5. The minimum absolute atomic E-state index is 0.301. The van der Waals surface area contributed by atoms with E-state index in [9.17, 15) is 9.50 Å². The molecule has 20 heavy (non-hydrogen) atoms. The van der Waals surface area contributed by atoms with Gasteiger partial charge in [-0.2, -0.15) is 0 Å². The van der Waals surface area contributed by atoms with Gasteiger partial charge in [0.05, 0.1) is 0 Å². The molecule has 106 valence electrons. The van der Waals surface area contributed by atoms with Crippen LogP contribution in [0, 0.1) is 5.82 Å². The molecule has 0 spiro atoms. The lowest BCUT2D eigenvalue weighted by Gasteiger charge is -2.08. The maximum absolute atomic E-state index is 13.1. The van der Waals surface area contributed by atoms with Crippen LogP contribution in [0.2, 0.25) is 10.0 Å². The predicted octanol–water partition coefficient (Wildman–Crippen LogP) is 4.17. The highest BCUT2D eigenvalue weighted by Crippen LogP contribution is 2.22. The van der Waals surface area contributed by atoms with Crippen molar-refractivity contribution in [3.8, 4) is 5.75 Å². The summed E-state index contributed by atoms with van der Waals surface area (Å²) in [5.74, 6) is -0.908. The van der Waals surface area contributed by atoms with Crippen LogP contribution in [-0.4, -0.2) is 11.7 Å². The summed E-state index contributed by atoms with van der Waals surface area (Å²) in [6.45, 7) is 1.06. The third kappa shape index (κ3) is 3.85. The van der Waals surface area contributed by atoms with Crippen molar-refractivity contribution in [2.75, 3.05) is 6.54 Å². The van der Waals surface area contributed by atoms with Gasteiger partial charge in [0.15, 0.2) is 11.6 Å². The highest BCUT2D eigenvalue weighted by atomic mass is 35.5. The van der Waals surface area contributed by atoms with Crippen molar-refractivity contribution < 1.29 is 9.50 Å². The second-order valence-electron chi connectivity index (χ2n) is 4.41. The molecule has 0 saturated carbocycles. The number of aromatic hydroxyl groups is 1. The van der Waals surface area contributed by atoms with Crippen molar-refractivity contribution in [3.63, 3.8) is 0 Å². The van der Waals surface area contributed by atoms with Gasteiger partial charge in [-0.05, 0) is 36.7 Å². The Hall–Kier alpha value is -1.29. The van der Waals surface area contributed by atoms with E-state index in [4.69, 9.17) is 23.2 Å². The SMILES string of the molecule is Oc1c(F)cccc1CNCCc1ccc(Cl)cc1Cl. The van der Waals surface area contributed by atoms with E-state index in [1.54, 1.807) is 24.3 Å². The minimum atomic E-state index is -0.606. The first-order valence-electron chi connectivity index (χ1n) is 6.19. The van der Waals surface area contributed by atoms with Gasteiger partial charge in [-0.25, -0.2) is 4.39 Å². The van der Waals surface area contributed by atoms with Crippen LogP contribution in [-0.2, 0) is 13.0 Å². The van der Waals surface area contributed by atoms with Crippen molar-refractivity contribution in [1.29, 1.82) is 0 Å². The molecule has 0 radical (unpaired) electrons. The van der Waals surface area contributed by atoms with Crippen molar-refractivity contribution >= 4 is 23.2 Å². The number of para-hydroxylation sites is 1. The van der Waals surface area contributed by atoms with E-state index in [0.29, 0.717) is 28.7 Å². The summed E-state index contributed by atoms with van der Waals surface area (Å²) in [4.78, 5) is 0. The standard InChI is InChI=1S/C15H14Cl2FNO/c16-12-5-4-10(13(17)8-12)6-7-19-9-11-2-1-3-14(18)15(11)20/h1-5,8,19-20H,6-7,9H2. The molecule has 0 unspecified atom stereocenters. The Balaban J connectivity index is 1.86. The van der Waals surface area contributed by atoms with E-state index in [1.807, 2.05) is 6.07 Å². The molecule has 2 N–H and O–H groups in total. The summed E-state index contributed by atoms with van der Waals surface area (Å²) < 4.78 is 13.1. The molecule has 5 heteroatoms. The number of nitrogens with one attached hydrogen (secondary N) is 1. The van der Waals surface area contributed by atoms with Gasteiger partial charge in [-0.3, -0.25) is 0 Å². The van der Waals surface area contributed by atoms with E-state index < -0.39 is 5.82 Å². The van der Waals surface area contributed by atoms with Gasteiger partial charge in [-0.1, -0.05) is 41.4 Å². The summed E-state index contributed by atoms with van der Waals surface area (Å²) in [5.41, 5.74) is 1.53. The first-order chi connectivity index (χ1) is 9.58. The van der Waals surface area contributed by atoms with E-state index >= 15 is 0 Å². The zero-order valence-electron chi connectivity index (χ0n) is 10.7. The molecule has 0 fully saturated rings. The largest absolute Gasteiger partial charge is 0.505 e. The van der Waals surface area contributed by atoms with Gasteiger partial charge >= 0.3 is 0 Å². The highest BCUT2D eigenvalue weighted by molar-refractivity contribution is 6.35. The Morgan fingerprint density at radius 2 is 1.90 bits per heavy atom. The normalized spacial score (nSPS) is 10.8. The van der Waals surface area contributed by atoms with Gasteiger partial charge in [0.2, 0.25) is 0 Å². The first-order valence-corrected chi connectivity index (χ1v) is 6.94. The molecule has 2 aromatic rings. The molecule has 2 nitrogen and oxygen atoms in total. The fraction of sp³-hybridized carbons (Fsp3) is 0.200. The summed E-state index contributed by atoms with van der Waals surface area (Å²) in [5, 5.41) is 13.9. The van der Waals surface area contributed by atoms with Gasteiger partial charge < -0.3 is 10.4 Å². The fourth-order valence-electron chi connectivity index (χ4n) is 1.87. The third-order valence-electron chi connectivity index (χ3n) is 2.97. The topological polar surface area (TPSA) is 32.3 Å². The molecule has 0 aliphatic carbocycles. The molecule has 0 aromatic heterocycles. The van der Waals surface area contributed by atoms with E-state index in [-0.39, 0.29) is 5.75 Å². The zero-order valence-corrected chi connectivity index (χ0v) is 12.2. The summed E-state index contributed by atoms with van der Waals surface area (Å²) in [6.07, 6.45) is 0.728. The lowest BCUT2D eigenvalue weighted by Crippen LogP contribution is -2.17. The zero-order chi connectivity index (χ0) is 14.5. The molecule has 0 aliphatic heterocycles. The van der Waals surface area contributed by atoms with Crippen LogP contribution >= 0.6 is 23.2 Å². The second kappa shape index (κ2) is 6.93. The van der Waals surface area contributed by atoms with Crippen molar-refractivity contribution in [3.05, 3.63) is 63.4 Å². The summed E-state index contributed by atoms with van der Waals surface area (Å²) >= 11 is 11.9. The molecule has 0 aliphatic rings. The van der Waals surface area contributed by atoms with Crippen LogP contribution in [0.15, 0.2) is 36.4 Å². The van der Waals surface area contributed by atoms with Crippen molar-refractivity contribution in [1.82, 2.24) is 5.32 Å². The van der Waals surface area contributed by atoms with Gasteiger partial charge in [0.25, 0.3) is 0 Å². The molecule has 0 atom stereocenters. The number of phenols is 1. The number of halogens is 3. The fourth-order valence-corrected chi connectivity index (χ4v) is 2.38. The number of hydrogen-bond donors (Lipinski definition) is 2. The molecule has 0 bridgehead atoms. The van der Waals surface area contributed by atoms with Gasteiger partial charge in [0.1, 0.15) is 0 Å². The van der Waals surface area contributed by atoms with Crippen LogP contribution in [0.3, 0.4) is 0 Å². The Labute approximate surface area is 127 Å². The lowest BCUT2D eigenvalue weighted by atomic mass is 10.1. The van der Waals surface area contributed by atoms with Gasteiger partial charge in [-0.15, -0.1) is 0 Å². The second-order valence-corrected chi connectivity index (χ2v) is 5.25. The molecule has 2 rings (SSSR count). The Bertz CT molecular complexity index is 604. The Morgan fingerprint density at radius 1 is 1.10 bits per heavy atom. The minimum Gasteiger partial charge on any atom is -0.505 e. The van der Waals surface area contributed by atoms with E-state index in [2.05, 4.69) is 5.32 Å². The molecular weight excluding hydrogens is 300 g/mol. The number of hydrogen-bond acceptors (Lipinski definition) is 2. The smallest absolute Gasteiger partial charge is 0.165 e. The predicted molar refractivity (Wildman–Crippen MR) is 79.9 cm³/mol. The van der Waals surface area contributed by atoms with Crippen LogP contribution in [0.5, 0.6) is 5.75 Å². The highest BCUT2D eigenvalue weighted by Gasteiger charge is 2.06. The van der Waals surface area contributed by atoms with Crippen LogP contribution < -0.4 is 5.32 Å². The lowest BCUT2D eigenvalue weighted by molar-refractivity contribution is 0.423. The third-order valence-corrected chi connectivity index (χ3v) is 3.56. The molecule has 0 heterocycles. The van der Waals surface area contributed by atoms with Crippen molar-refractivity contribution in [2.45, 2.75) is 13.0 Å². The van der Waals surface area contributed by atoms with Crippen LogP contribution in [0.4, 0.5) is 4.39 Å². The van der Waals surface area contributed by atoms with Gasteiger partial charge in [0, 0.05) is 22.2 Å². The molecule has 0 saturated heterocycles. The maximum Gasteiger partial charge on any atom is 0.165 e. The molecule has 2 aromatic carbocycles. The van der Waals surface area contributed by atoms with E-state index in [0.717, 1.165) is 12.0 Å².